The number of hydrogen-bond donors (Lipinski definition) is 20. The number of primary amides is 2. The summed E-state index contributed by atoms with van der Waals surface area (Å²) in [5, 5.41) is 53.5. The van der Waals surface area contributed by atoms with E-state index in [0.717, 1.165) is 4.90 Å². The van der Waals surface area contributed by atoms with Crippen LogP contribution in [0.1, 0.15) is 190 Å². The molecule has 1 aliphatic rings. The first kappa shape index (κ1) is 107. The van der Waals surface area contributed by atoms with Crippen molar-refractivity contribution in [1.29, 1.82) is 0 Å². The Morgan fingerprint density at radius 2 is 0.790 bits per heavy atom. The zero-order valence-corrected chi connectivity index (χ0v) is 74.2. The van der Waals surface area contributed by atoms with E-state index in [1.54, 1.807) is 122 Å². The lowest BCUT2D eigenvalue weighted by Crippen LogP contribution is -2.62. The second-order valence-corrected chi connectivity index (χ2v) is 34.3. The van der Waals surface area contributed by atoms with Gasteiger partial charge in [-0.1, -0.05) is 130 Å². The number of rotatable bonds is 58. The third kappa shape index (κ3) is 38.9. The monoisotopic (exact) mass is 1760 g/mol. The molecule has 40 heteroatoms. The number of carbonyl (C=O) groups is 18. The van der Waals surface area contributed by atoms with Gasteiger partial charge < -0.3 is 113 Å². The maximum Gasteiger partial charge on any atom is 0.326 e. The van der Waals surface area contributed by atoms with Gasteiger partial charge in [0.1, 0.15) is 84.6 Å². The lowest BCUT2D eigenvalue weighted by atomic mass is 9.98. The van der Waals surface area contributed by atoms with E-state index in [0.29, 0.717) is 42.6 Å². The van der Waals surface area contributed by atoms with Gasteiger partial charge in [-0.05, 0) is 156 Å². The van der Waals surface area contributed by atoms with Gasteiger partial charge in [0.2, 0.25) is 94.5 Å². The van der Waals surface area contributed by atoms with Crippen LogP contribution in [0.2, 0.25) is 0 Å². The van der Waals surface area contributed by atoms with Crippen LogP contribution in [0.25, 0.3) is 0 Å². The first-order valence-electron chi connectivity index (χ1n) is 42.4. The molecule has 3 rings (SSSR count). The molecule has 124 heavy (non-hydrogen) atoms. The molecule has 0 spiro atoms. The molecule has 2 aromatic rings. The Morgan fingerprint density at radius 1 is 0.411 bits per heavy atom. The number of carboxylic acid groups (broad SMARTS) is 2. The van der Waals surface area contributed by atoms with Crippen molar-refractivity contribution in [2.45, 2.75) is 282 Å². The number of benzene rings is 2. The minimum atomic E-state index is -1.73. The molecule has 0 unspecified atom stereocenters. The number of amides is 16. The number of nitrogens with zero attached hydrogens (tertiary/aromatic N) is 1. The zero-order valence-electron chi connectivity index (χ0n) is 73.4. The Morgan fingerprint density at radius 3 is 1.19 bits per heavy atom. The van der Waals surface area contributed by atoms with E-state index >= 15 is 9.59 Å². The molecule has 1 aliphatic heterocycles. The highest BCUT2D eigenvalue weighted by atomic mass is 32.2. The summed E-state index contributed by atoms with van der Waals surface area (Å²) < 4.78 is 0. The Kier molecular flexibility index (Phi) is 47.9. The summed E-state index contributed by atoms with van der Waals surface area (Å²) in [6.07, 6.45) is 1.05. The van der Waals surface area contributed by atoms with Crippen molar-refractivity contribution < 1.29 is 96.5 Å². The van der Waals surface area contributed by atoms with Crippen LogP contribution in [0.15, 0.2) is 60.7 Å². The Labute approximate surface area is 729 Å². The summed E-state index contributed by atoms with van der Waals surface area (Å²) in [6.45, 7) is 18.7. The van der Waals surface area contributed by atoms with Crippen LogP contribution in [0.4, 0.5) is 0 Å². The fourth-order valence-electron chi connectivity index (χ4n) is 13.6. The molecule has 39 nitrogen and oxygen atoms in total. The number of carbonyl (C=O) groups excluding carboxylic acids is 16. The molecule has 15 atom stereocenters. The normalized spacial score (nSPS) is 16.0. The van der Waals surface area contributed by atoms with E-state index in [1.807, 2.05) is 0 Å². The average Bonchev–Trinajstić information content (AvgIpc) is 1.58. The fourth-order valence-corrected chi connectivity index (χ4v) is 14.1. The average molecular weight is 1760 g/mol. The molecular weight excluding hydrogens is 1630 g/mol. The first-order chi connectivity index (χ1) is 58.4. The van der Waals surface area contributed by atoms with Crippen LogP contribution in [-0.2, 0) is 99.1 Å². The van der Waals surface area contributed by atoms with E-state index in [4.69, 9.17) is 28.7 Å². The van der Waals surface area contributed by atoms with Gasteiger partial charge in [-0.15, -0.1) is 0 Å². The van der Waals surface area contributed by atoms with Crippen molar-refractivity contribution in [3.05, 3.63) is 71.8 Å². The van der Waals surface area contributed by atoms with Crippen molar-refractivity contribution in [3.63, 3.8) is 0 Å². The summed E-state index contributed by atoms with van der Waals surface area (Å²) in [4.78, 5) is 250. The summed E-state index contributed by atoms with van der Waals surface area (Å²) in [6, 6.07) is -4.11. The second kappa shape index (κ2) is 55.4. The smallest absolute Gasteiger partial charge is 0.326 e. The second-order valence-electron chi connectivity index (χ2n) is 33.3. The SMILES string of the molecule is CSCC[C@H](N)C(=O)N[C@@H](CC(=O)O)C(=O)N[C@H](C(=O)N[C@@H](CC(N)=O)C(=O)N1CCC[C@H]1C(=O)N[C@@H](Cc1ccccc1)C(=O)N[C@@H](CC(C)C)C(=O)N[C@@H](CC(C)C)C(=O)N[C@@H](Cc1ccccc1)C(=O)N[C@@H](CC(C)C)C(=O)N[C@@H](CCCCN)C(=O)N[C@H](C(=O)N[C@@H](CCCCN)C(=O)N[C@@H](C)C(=O)N[C@@H](CCC(N)=O)C(=O)O)C(C)C)C(C)C. The van der Waals surface area contributed by atoms with Crippen LogP contribution in [0.3, 0.4) is 0 Å². The Hall–Kier alpha value is -10.9. The van der Waals surface area contributed by atoms with Crippen molar-refractivity contribution in [3.8, 4) is 0 Å². The van der Waals surface area contributed by atoms with Gasteiger partial charge in [-0.25, -0.2) is 4.79 Å². The lowest BCUT2D eigenvalue weighted by molar-refractivity contribution is -0.144. The Bertz CT molecular complexity index is 3900. The maximum atomic E-state index is 15.0. The molecule has 0 aromatic heterocycles. The molecule has 1 fully saturated rings. The minimum absolute atomic E-state index is 0.00238. The van der Waals surface area contributed by atoms with E-state index < -0.39 is 222 Å². The quantitative estimate of drug-likeness (QED) is 0.0327. The third-order valence-electron chi connectivity index (χ3n) is 20.4. The number of nitrogens with one attached hydrogen (secondary N) is 13. The van der Waals surface area contributed by atoms with E-state index in [9.17, 15) is 86.9 Å². The van der Waals surface area contributed by atoms with Crippen LogP contribution in [0, 0.1) is 29.6 Å². The molecule has 16 amide bonds. The van der Waals surface area contributed by atoms with Gasteiger partial charge >= 0.3 is 11.9 Å². The fraction of sp³-hybridized carbons (Fsp3) is 0.643. The number of likely N-dealkylation sites (tertiary alicyclic amines) is 1. The summed E-state index contributed by atoms with van der Waals surface area (Å²) in [5.41, 5.74) is 29.6. The summed E-state index contributed by atoms with van der Waals surface area (Å²) >= 11 is 1.41. The van der Waals surface area contributed by atoms with Crippen LogP contribution >= 0.6 is 11.8 Å². The number of thioether (sulfide) groups is 1. The van der Waals surface area contributed by atoms with Gasteiger partial charge in [0.05, 0.1) is 18.9 Å². The third-order valence-corrected chi connectivity index (χ3v) is 21.0. The molecule has 0 saturated carbocycles. The van der Waals surface area contributed by atoms with Gasteiger partial charge in [-0.2, -0.15) is 11.8 Å². The van der Waals surface area contributed by atoms with E-state index in [1.165, 1.54) is 32.5 Å². The van der Waals surface area contributed by atoms with Crippen molar-refractivity contribution in [2.75, 3.05) is 31.6 Å². The highest BCUT2D eigenvalue weighted by Gasteiger charge is 2.43. The lowest BCUT2D eigenvalue weighted by Gasteiger charge is -2.31. The predicted octanol–water partition coefficient (Wildman–Crippen LogP) is -1.73. The first-order valence-corrected chi connectivity index (χ1v) is 43.8. The molecule has 2 aromatic carbocycles. The topological polar surface area (TPSA) is 637 Å². The maximum absolute atomic E-state index is 15.0. The van der Waals surface area contributed by atoms with Crippen LogP contribution in [-0.4, -0.2) is 244 Å². The minimum Gasteiger partial charge on any atom is -0.481 e. The van der Waals surface area contributed by atoms with Gasteiger partial charge in [0.15, 0.2) is 0 Å². The van der Waals surface area contributed by atoms with E-state index in [2.05, 4.69) is 69.1 Å². The van der Waals surface area contributed by atoms with Crippen molar-refractivity contribution in [1.82, 2.24) is 74.0 Å². The summed E-state index contributed by atoms with van der Waals surface area (Å²) in [7, 11) is 0. The standard InChI is InChI=1S/C84H135N19O20S/c1-45(2)38-57(74(112)91-55(29-20-22-35-86)73(111)101-68(48(7)8)81(119)92-54(28-19-21-34-85)72(110)90-50(11)70(108)93-56(84(122)123)31-32-65(88)104)96-77(115)60(41-51-24-15-13-16-25-51)98-76(114)59(40-47(5)6)95-75(113)58(39-46(3)4)97-78(116)61(42-52-26-17-14-18-27-52)99-80(118)64-30-23-36-103(64)83(121)63(43-66(89)105)100-82(120)69(49(9)10)102-79(117)62(44-67(106)107)94-71(109)53(87)33-37-124-12/h13-18,24-27,45-50,53-64,68-69H,19-23,28-44,85-87H2,1-12H3,(H2,88,104)(H2,89,105)(H,90,110)(H,91,112)(H,92,119)(H,93,108)(H,94,109)(H,95,113)(H,96,115)(H,97,116)(H,98,114)(H,99,118)(H,100,120)(H,101,111)(H,102,117)(H,106,107)(H,122,123)/t50-,53-,54-,55-,56-,57-,58-,59-,60-,61-,62-,63-,64-,68-,69-/m0/s1. The number of aliphatic carboxylic acids is 2. The number of hydrogen-bond acceptors (Lipinski definition) is 22. The molecule has 0 bridgehead atoms. The predicted molar refractivity (Wildman–Crippen MR) is 463 cm³/mol. The number of carboxylic acids is 2. The Balaban J connectivity index is 1.98. The molecule has 1 heterocycles. The summed E-state index contributed by atoms with van der Waals surface area (Å²) in [5.74, 6) is -18.7. The molecule has 692 valence electrons. The number of unbranched alkanes of at least 4 members (excludes halogenated alkanes) is 2. The van der Waals surface area contributed by atoms with Gasteiger partial charge in [0.25, 0.3) is 0 Å². The van der Waals surface area contributed by atoms with Gasteiger partial charge in [-0.3, -0.25) is 81.5 Å². The van der Waals surface area contributed by atoms with Gasteiger partial charge in [0, 0.05) is 25.8 Å². The highest BCUT2D eigenvalue weighted by Crippen LogP contribution is 2.22. The van der Waals surface area contributed by atoms with Crippen molar-refractivity contribution in [2.24, 2.45) is 58.3 Å². The molecule has 0 aliphatic carbocycles. The van der Waals surface area contributed by atoms with E-state index in [-0.39, 0.29) is 114 Å². The zero-order chi connectivity index (χ0) is 93.2. The molecule has 0 radical (unpaired) electrons. The number of nitrogens with two attached hydrogens (primary N) is 5. The largest absolute Gasteiger partial charge is 0.481 e. The van der Waals surface area contributed by atoms with Crippen LogP contribution < -0.4 is 97.8 Å². The molecular formula is C84H135N19O20S. The van der Waals surface area contributed by atoms with Crippen molar-refractivity contribution >= 4 is 118 Å². The highest BCUT2D eigenvalue weighted by molar-refractivity contribution is 7.98. The van der Waals surface area contributed by atoms with Crippen LogP contribution in [0.5, 0.6) is 0 Å². The molecule has 1 saturated heterocycles. The molecule has 25 N–H and O–H groups in total.